The summed E-state index contributed by atoms with van der Waals surface area (Å²) in [5.41, 5.74) is 5.73. The zero-order chi connectivity index (χ0) is 14.5. The molecule has 2 N–H and O–H groups in total. The van der Waals surface area contributed by atoms with E-state index in [9.17, 15) is 4.79 Å². The number of amides is 1. The number of piperazine rings is 1. The first-order valence-electron chi connectivity index (χ1n) is 8.32. The Hall–Kier alpha value is -0.610. The standard InChI is InChI=1S/C16H31N3O/c1-3-15-12-19(9-8-18(15)2)16(20)10-13-4-6-14(11-17)7-5-13/h13-15H,3-12,17H2,1-2H3. The third-order valence-corrected chi connectivity index (χ3v) is 5.36. The monoisotopic (exact) mass is 281 g/mol. The molecule has 0 aromatic carbocycles. The van der Waals surface area contributed by atoms with Gasteiger partial charge >= 0.3 is 0 Å². The SMILES string of the molecule is CCC1CN(C(=O)CC2CCC(CN)CC2)CCN1C. The highest BCUT2D eigenvalue weighted by Crippen LogP contribution is 2.30. The fraction of sp³-hybridized carbons (Fsp3) is 0.938. The van der Waals surface area contributed by atoms with Gasteiger partial charge in [0.25, 0.3) is 0 Å². The molecule has 0 aromatic rings. The van der Waals surface area contributed by atoms with Crippen LogP contribution in [0.3, 0.4) is 0 Å². The number of nitrogens with zero attached hydrogens (tertiary/aromatic N) is 2. The highest BCUT2D eigenvalue weighted by molar-refractivity contribution is 5.76. The Morgan fingerprint density at radius 3 is 2.40 bits per heavy atom. The van der Waals surface area contributed by atoms with Crippen molar-refractivity contribution in [1.29, 1.82) is 0 Å². The minimum absolute atomic E-state index is 0.382. The van der Waals surface area contributed by atoms with Crippen LogP contribution in [-0.2, 0) is 4.79 Å². The van der Waals surface area contributed by atoms with Gasteiger partial charge in [-0.15, -0.1) is 0 Å². The van der Waals surface area contributed by atoms with Gasteiger partial charge in [0.1, 0.15) is 0 Å². The van der Waals surface area contributed by atoms with E-state index in [1.54, 1.807) is 0 Å². The number of carbonyl (C=O) groups excluding carboxylic acids is 1. The molecule has 1 atom stereocenters. The molecule has 0 bridgehead atoms. The lowest BCUT2D eigenvalue weighted by atomic mass is 9.80. The molecule has 1 heterocycles. The number of likely N-dealkylation sites (N-methyl/N-ethyl adjacent to an activating group) is 1. The second kappa shape index (κ2) is 7.41. The maximum Gasteiger partial charge on any atom is 0.222 e. The van der Waals surface area contributed by atoms with Crippen molar-refractivity contribution in [1.82, 2.24) is 9.80 Å². The van der Waals surface area contributed by atoms with Gasteiger partial charge in [-0.25, -0.2) is 0 Å². The fourth-order valence-corrected chi connectivity index (χ4v) is 3.66. The predicted molar refractivity (Wildman–Crippen MR) is 82.4 cm³/mol. The Bertz CT molecular complexity index is 313. The fourth-order valence-electron chi connectivity index (χ4n) is 3.66. The summed E-state index contributed by atoms with van der Waals surface area (Å²) in [6.45, 7) is 5.87. The van der Waals surface area contributed by atoms with E-state index in [4.69, 9.17) is 5.73 Å². The smallest absolute Gasteiger partial charge is 0.222 e. The lowest BCUT2D eigenvalue weighted by Gasteiger charge is -2.40. The van der Waals surface area contributed by atoms with E-state index in [-0.39, 0.29) is 0 Å². The van der Waals surface area contributed by atoms with Gasteiger partial charge in [0.2, 0.25) is 5.91 Å². The molecule has 1 saturated heterocycles. The van der Waals surface area contributed by atoms with Gasteiger partial charge in [-0.3, -0.25) is 9.69 Å². The van der Waals surface area contributed by atoms with Crippen molar-refractivity contribution in [2.24, 2.45) is 17.6 Å². The lowest BCUT2D eigenvalue weighted by molar-refractivity contribution is -0.135. The minimum Gasteiger partial charge on any atom is -0.340 e. The Labute approximate surface area is 123 Å². The summed E-state index contributed by atoms with van der Waals surface area (Å²) in [4.78, 5) is 17.0. The molecule has 0 radical (unpaired) electrons. The van der Waals surface area contributed by atoms with E-state index >= 15 is 0 Å². The lowest BCUT2D eigenvalue weighted by Crippen LogP contribution is -2.53. The molecule has 1 unspecified atom stereocenters. The van der Waals surface area contributed by atoms with Gasteiger partial charge in [-0.2, -0.15) is 0 Å². The van der Waals surface area contributed by atoms with Crippen molar-refractivity contribution in [3.05, 3.63) is 0 Å². The molecule has 116 valence electrons. The Morgan fingerprint density at radius 2 is 1.80 bits per heavy atom. The largest absolute Gasteiger partial charge is 0.340 e. The first kappa shape index (κ1) is 15.8. The van der Waals surface area contributed by atoms with Crippen molar-refractivity contribution < 1.29 is 4.79 Å². The quantitative estimate of drug-likeness (QED) is 0.853. The maximum atomic E-state index is 12.5. The molecular weight excluding hydrogens is 250 g/mol. The summed E-state index contributed by atoms with van der Waals surface area (Å²) in [6, 6.07) is 0.542. The third kappa shape index (κ3) is 3.95. The molecule has 2 aliphatic rings. The molecule has 4 heteroatoms. The molecule has 1 amide bonds. The first-order chi connectivity index (χ1) is 9.63. The van der Waals surface area contributed by atoms with Crippen molar-refractivity contribution in [2.45, 2.75) is 51.5 Å². The average molecular weight is 281 g/mol. The average Bonchev–Trinajstić information content (AvgIpc) is 2.48. The molecule has 1 aliphatic carbocycles. The van der Waals surface area contributed by atoms with Crippen LogP contribution in [0.4, 0.5) is 0 Å². The molecule has 4 nitrogen and oxygen atoms in total. The summed E-state index contributed by atoms with van der Waals surface area (Å²) in [5.74, 6) is 1.69. The van der Waals surface area contributed by atoms with E-state index in [1.807, 2.05) is 0 Å². The predicted octanol–water partition coefficient (Wildman–Crippen LogP) is 1.69. The van der Waals surface area contributed by atoms with Gasteiger partial charge in [-0.05, 0) is 57.5 Å². The molecule has 1 aliphatic heterocycles. The molecule has 0 spiro atoms. The molecule has 1 saturated carbocycles. The minimum atomic E-state index is 0.382. The van der Waals surface area contributed by atoms with Crippen LogP contribution >= 0.6 is 0 Å². The zero-order valence-electron chi connectivity index (χ0n) is 13.2. The van der Waals surface area contributed by atoms with Crippen LogP contribution in [0.25, 0.3) is 0 Å². The summed E-state index contributed by atoms with van der Waals surface area (Å²) in [7, 11) is 2.17. The van der Waals surface area contributed by atoms with E-state index in [1.165, 1.54) is 25.7 Å². The molecule has 2 rings (SSSR count). The third-order valence-electron chi connectivity index (χ3n) is 5.36. The van der Waals surface area contributed by atoms with E-state index in [2.05, 4.69) is 23.8 Å². The van der Waals surface area contributed by atoms with Crippen molar-refractivity contribution in [2.75, 3.05) is 33.2 Å². The number of nitrogens with two attached hydrogens (primary N) is 1. The van der Waals surface area contributed by atoms with Crippen LogP contribution in [0.15, 0.2) is 0 Å². The second-order valence-corrected chi connectivity index (χ2v) is 6.71. The van der Waals surface area contributed by atoms with Gasteiger partial charge in [0.05, 0.1) is 0 Å². The van der Waals surface area contributed by atoms with Crippen molar-refractivity contribution in [3.63, 3.8) is 0 Å². The Morgan fingerprint density at radius 1 is 1.15 bits per heavy atom. The Kier molecular flexibility index (Phi) is 5.85. The van der Waals surface area contributed by atoms with E-state index in [0.717, 1.165) is 39.0 Å². The van der Waals surface area contributed by atoms with Crippen LogP contribution in [-0.4, -0.2) is 55.0 Å². The molecular formula is C16H31N3O. The number of carbonyl (C=O) groups is 1. The normalized spacial score (nSPS) is 32.4. The van der Waals surface area contributed by atoms with Crippen molar-refractivity contribution in [3.8, 4) is 0 Å². The molecule has 20 heavy (non-hydrogen) atoms. The van der Waals surface area contributed by atoms with Crippen molar-refractivity contribution >= 4 is 5.91 Å². The van der Waals surface area contributed by atoms with Gasteiger partial charge < -0.3 is 10.6 Å². The maximum absolute atomic E-state index is 12.5. The molecule has 0 aromatic heterocycles. The van der Waals surface area contributed by atoms with Gasteiger partial charge in [0, 0.05) is 32.1 Å². The molecule has 2 fully saturated rings. The van der Waals surface area contributed by atoms with E-state index < -0.39 is 0 Å². The van der Waals surface area contributed by atoms with E-state index in [0.29, 0.717) is 23.8 Å². The van der Waals surface area contributed by atoms with Crippen LogP contribution < -0.4 is 5.73 Å². The highest BCUT2D eigenvalue weighted by atomic mass is 16.2. The first-order valence-corrected chi connectivity index (χ1v) is 8.32. The summed E-state index contributed by atoms with van der Waals surface area (Å²) >= 11 is 0. The van der Waals surface area contributed by atoms with Crippen LogP contribution in [0, 0.1) is 11.8 Å². The van der Waals surface area contributed by atoms with Crippen LogP contribution in [0.2, 0.25) is 0 Å². The zero-order valence-corrected chi connectivity index (χ0v) is 13.2. The highest BCUT2D eigenvalue weighted by Gasteiger charge is 2.28. The topological polar surface area (TPSA) is 49.6 Å². The van der Waals surface area contributed by atoms with Crippen LogP contribution in [0.1, 0.15) is 45.4 Å². The number of hydrogen-bond acceptors (Lipinski definition) is 3. The number of hydrogen-bond donors (Lipinski definition) is 1. The van der Waals surface area contributed by atoms with Crippen LogP contribution in [0.5, 0.6) is 0 Å². The number of rotatable bonds is 4. The summed E-state index contributed by atoms with van der Waals surface area (Å²) < 4.78 is 0. The van der Waals surface area contributed by atoms with Gasteiger partial charge in [0.15, 0.2) is 0 Å². The second-order valence-electron chi connectivity index (χ2n) is 6.71. The summed E-state index contributed by atoms with van der Waals surface area (Å²) in [6.07, 6.45) is 6.71. The van der Waals surface area contributed by atoms with Gasteiger partial charge in [-0.1, -0.05) is 6.92 Å². The summed E-state index contributed by atoms with van der Waals surface area (Å²) in [5, 5.41) is 0. The Balaban J connectivity index is 1.77.